The van der Waals surface area contributed by atoms with E-state index in [1.807, 2.05) is 20.8 Å². The van der Waals surface area contributed by atoms with Crippen LogP contribution in [0.3, 0.4) is 0 Å². The van der Waals surface area contributed by atoms with Crippen molar-refractivity contribution < 1.29 is 14.0 Å². The Hall–Kier alpha value is -2.11. The maximum Gasteiger partial charge on any atom is 0.225 e. The lowest BCUT2D eigenvalue weighted by Gasteiger charge is -2.39. The number of para-hydroxylation sites is 1. The Labute approximate surface area is 161 Å². The van der Waals surface area contributed by atoms with Gasteiger partial charge >= 0.3 is 0 Å². The fourth-order valence-corrected chi connectivity index (χ4v) is 3.99. The Bertz CT molecular complexity index is 663. The number of carbonyl (C=O) groups is 2. The molecule has 0 aromatic heterocycles. The van der Waals surface area contributed by atoms with E-state index in [1.54, 1.807) is 12.1 Å². The fourth-order valence-electron chi connectivity index (χ4n) is 3.99. The van der Waals surface area contributed by atoms with Crippen LogP contribution in [-0.4, -0.2) is 60.9 Å². The molecule has 0 saturated carbocycles. The van der Waals surface area contributed by atoms with E-state index in [0.717, 1.165) is 12.8 Å². The third-order valence-corrected chi connectivity index (χ3v) is 5.56. The van der Waals surface area contributed by atoms with Crippen LogP contribution >= 0.6 is 0 Å². The maximum atomic E-state index is 13.9. The summed E-state index contributed by atoms with van der Waals surface area (Å²) in [6.45, 7) is 8.01. The van der Waals surface area contributed by atoms with Gasteiger partial charge in [-0.25, -0.2) is 4.39 Å². The molecule has 2 fully saturated rings. The minimum absolute atomic E-state index is 0.00751. The van der Waals surface area contributed by atoms with Crippen LogP contribution in [0.1, 0.15) is 33.1 Å². The third-order valence-electron chi connectivity index (χ3n) is 5.56. The molecule has 0 bridgehead atoms. The molecule has 2 aliphatic rings. The van der Waals surface area contributed by atoms with Crippen molar-refractivity contribution in [1.29, 1.82) is 0 Å². The molecule has 0 atom stereocenters. The molecule has 2 saturated heterocycles. The number of benzene rings is 1. The van der Waals surface area contributed by atoms with Gasteiger partial charge in [0.25, 0.3) is 0 Å². The van der Waals surface area contributed by atoms with Crippen molar-refractivity contribution in [3.8, 4) is 0 Å². The van der Waals surface area contributed by atoms with Crippen molar-refractivity contribution >= 4 is 17.5 Å². The predicted molar refractivity (Wildman–Crippen MR) is 104 cm³/mol. The van der Waals surface area contributed by atoms with Crippen molar-refractivity contribution in [2.75, 3.05) is 44.2 Å². The van der Waals surface area contributed by atoms with E-state index in [9.17, 15) is 14.0 Å². The molecule has 0 unspecified atom stereocenters. The number of hydrogen-bond acceptors (Lipinski definition) is 3. The number of halogens is 1. The lowest BCUT2D eigenvalue weighted by Crippen LogP contribution is -2.52. The van der Waals surface area contributed by atoms with Crippen molar-refractivity contribution in [1.82, 2.24) is 9.80 Å². The number of carbonyl (C=O) groups excluding carboxylic acids is 2. The quantitative estimate of drug-likeness (QED) is 0.813. The van der Waals surface area contributed by atoms with Gasteiger partial charge in [-0.05, 0) is 30.9 Å². The third kappa shape index (κ3) is 4.79. The molecule has 2 aliphatic heterocycles. The summed E-state index contributed by atoms with van der Waals surface area (Å²) in [7, 11) is 0. The van der Waals surface area contributed by atoms with Crippen LogP contribution in [-0.2, 0) is 9.59 Å². The highest BCUT2D eigenvalue weighted by atomic mass is 19.1. The molecule has 0 aliphatic carbocycles. The van der Waals surface area contributed by atoms with Crippen molar-refractivity contribution in [2.24, 2.45) is 11.8 Å². The second kappa shape index (κ2) is 8.72. The zero-order valence-electron chi connectivity index (χ0n) is 16.4. The van der Waals surface area contributed by atoms with Gasteiger partial charge in [0.1, 0.15) is 5.82 Å². The summed E-state index contributed by atoms with van der Waals surface area (Å²) in [5.74, 6) is 0.556. The Morgan fingerprint density at radius 2 is 1.63 bits per heavy atom. The van der Waals surface area contributed by atoms with E-state index in [-0.39, 0.29) is 23.5 Å². The van der Waals surface area contributed by atoms with Gasteiger partial charge in [0.15, 0.2) is 0 Å². The molecule has 2 heterocycles. The Kier molecular flexibility index (Phi) is 6.34. The molecular weight excluding hydrogens is 345 g/mol. The Balaban J connectivity index is 1.48. The van der Waals surface area contributed by atoms with Crippen molar-refractivity contribution in [3.05, 3.63) is 30.1 Å². The first-order valence-electron chi connectivity index (χ1n) is 10.0. The molecule has 6 heteroatoms. The predicted octanol–water partition coefficient (Wildman–Crippen LogP) is 2.76. The summed E-state index contributed by atoms with van der Waals surface area (Å²) in [6, 6.07) is 6.79. The first-order chi connectivity index (χ1) is 13.0. The molecule has 27 heavy (non-hydrogen) atoms. The van der Waals surface area contributed by atoms with Gasteiger partial charge in [0.2, 0.25) is 11.8 Å². The number of nitrogens with zero attached hydrogens (tertiary/aromatic N) is 3. The first-order valence-corrected chi connectivity index (χ1v) is 10.0. The van der Waals surface area contributed by atoms with Crippen LogP contribution in [0.5, 0.6) is 0 Å². The van der Waals surface area contributed by atoms with E-state index in [1.165, 1.54) is 6.07 Å². The van der Waals surface area contributed by atoms with Crippen LogP contribution in [0, 0.1) is 17.7 Å². The zero-order chi connectivity index (χ0) is 19.4. The molecule has 3 rings (SSSR count). The average molecular weight is 375 g/mol. The molecule has 5 nitrogen and oxygen atoms in total. The lowest BCUT2D eigenvalue weighted by atomic mass is 9.94. The molecule has 148 valence electrons. The van der Waals surface area contributed by atoms with E-state index < -0.39 is 0 Å². The smallest absolute Gasteiger partial charge is 0.225 e. The maximum absolute atomic E-state index is 13.9. The molecule has 0 N–H and O–H groups in total. The van der Waals surface area contributed by atoms with Gasteiger partial charge in [-0.15, -0.1) is 0 Å². The zero-order valence-corrected chi connectivity index (χ0v) is 16.4. The van der Waals surface area contributed by atoms with Crippen molar-refractivity contribution in [2.45, 2.75) is 33.1 Å². The number of amides is 2. The molecule has 2 amide bonds. The monoisotopic (exact) mass is 375 g/mol. The van der Waals surface area contributed by atoms with Crippen LogP contribution in [0.2, 0.25) is 0 Å². The van der Waals surface area contributed by atoms with Crippen LogP contribution in [0.4, 0.5) is 10.1 Å². The van der Waals surface area contributed by atoms with Crippen LogP contribution < -0.4 is 4.90 Å². The standard InChI is InChI=1S/C21H30FN3O2/c1-16(2)15-20(26)24-9-7-17(8-10-24)21(27)25-13-11-23(12-14-25)19-6-4-3-5-18(19)22/h3-6,16-17H,7-15H2,1-2H3. The number of anilines is 1. The Morgan fingerprint density at radius 3 is 2.22 bits per heavy atom. The van der Waals surface area contributed by atoms with Gasteiger partial charge in [-0.3, -0.25) is 9.59 Å². The summed E-state index contributed by atoms with van der Waals surface area (Å²) in [4.78, 5) is 30.8. The largest absolute Gasteiger partial charge is 0.366 e. The van der Waals surface area contributed by atoms with E-state index in [0.29, 0.717) is 57.3 Å². The van der Waals surface area contributed by atoms with Crippen molar-refractivity contribution in [3.63, 3.8) is 0 Å². The fraction of sp³-hybridized carbons (Fsp3) is 0.619. The van der Waals surface area contributed by atoms with Crippen LogP contribution in [0.25, 0.3) is 0 Å². The van der Waals surface area contributed by atoms with Gasteiger partial charge in [0, 0.05) is 51.6 Å². The molecular formula is C21H30FN3O2. The van der Waals surface area contributed by atoms with Crippen LogP contribution in [0.15, 0.2) is 24.3 Å². The molecule has 1 aromatic carbocycles. The van der Waals surface area contributed by atoms with Gasteiger partial charge in [0.05, 0.1) is 5.69 Å². The minimum Gasteiger partial charge on any atom is -0.366 e. The molecule has 0 radical (unpaired) electrons. The van der Waals surface area contributed by atoms with E-state index in [4.69, 9.17) is 0 Å². The summed E-state index contributed by atoms with van der Waals surface area (Å²) in [6.07, 6.45) is 2.07. The number of hydrogen-bond donors (Lipinski definition) is 0. The molecule has 0 spiro atoms. The average Bonchev–Trinajstić information content (AvgIpc) is 2.67. The summed E-state index contributed by atoms with van der Waals surface area (Å²) >= 11 is 0. The van der Waals surface area contributed by atoms with Gasteiger partial charge in [-0.1, -0.05) is 26.0 Å². The topological polar surface area (TPSA) is 43.9 Å². The second-order valence-electron chi connectivity index (χ2n) is 8.02. The highest BCUT2D eigenvalue weighted by Crippen LogP contribution is 2.24. The van der Waals surface area contributed by atoms with Gasteiger partial charge < -0.3 is 14.7 Å². The number of piperidine rings is 1. The summed E-state index contributed by atoms with van der Waals surface area (Å²) in [5, 5.41) is 0. The van der Waals surface area contributed by atoms with E-state index in [2.05, 4.69) is 13.8 Å². The van der Waals surface area contributed by atoms with Gasteiger partial charge in [-0.2, -0.15) is 0 Å². The van der Waals surface area contributed by atoms with E-state index >= 15 is 0 Å². The normalized spacial score (nSPS) is 18.9. The molecule has 1 aromatic rings. The highest BCUT2D eigenvalue weighted by molar-refractivity contribution is 5.80. The number of likely N-dealkylation sites (tertiary alicyclic amines) is 1. The lowest BCUT2D eigenvalue weighted by molar-refractivity contribution is -0.141. The summed E-state index contributed by atoms with van der Waals surface area (Å²) in [5.41, 5.74) is 0.613. The number of rotatable bonds is 4. The second-order valence-corrected chi connectivity index (χ2v) is 8.02. The minimum atomic E-state index is -0.212. The summed E-state index contributed by atoms with van der Waals surface area (Å²) < 4.78 is 13.9. The number of piperazine rings is 1. The first kappa shape index (κ1) is 19.6. The highest BCUT2D eigenvalue weighted by Gasteiger charge is 2.32. The Morgan fingerprint density at radius 1 is 1.00 bits per heavy atom. The SMILES string of the molecule is CC(C)CC(=O)N1CCC(C(=O)N2CCN(c3ccccc3F)CC2)CC1.